The summed E-state index contributed by atoms with van der Waals surface area (Å²) in [6, 6.07) is 32.4. The minimum Gasteiger partial charge on any atom is -0.457 e. The molecular formula is C25H19O3. The Labute approximate surface area is 164 Å². The summed E-state index contributed by atoms with van der Waals surface area (Å²) in [5, 5.41) is 0. The van der Waals surface area contributed by atoms with Gasteiger partial charge in [-0.1, -0.05) is 54.6 Å². The van der Waals surface area contributed by atoms with Crippen molar-refractivity contribution >= 4 is 0 Å². The summed E-state index contributed by atoms with van der Waals surface area (Å²) in [5.74, 6) is 3.92. The van der Waals surface area contributed by atoms with Crippen molar-refractivity contribution < 1.29 is 14.2 Å². The standard InChI is InChI=1S/C25H19O3/c1-19-24(27-21-13-7-3-8-14-21)17-23(26-20-11-5-2-6-12-20)18-25(19)28-22-15-9-4-10-16-22/h2-18H,1H2. The first-order valence-corrected chi connectivity index (χ1v) is 8.97. The van der Waals surface area contributed by atoms with E-state index in [1.54, 1.807) is 0 Å². The van der Waals surface area contributed by atoms with Crippen molar-refractivity contribution in [2.24, 2.45) is 0 Å². The fourth-order valence-corrected chi connectivity index (χ4v) is 2.69. The van der Waals surface area contributed by atoms with Gasteiger partial charge in [-0.15, -0.1) is 0 Å². The van der Waals surface area contributed by atoms with Gasteiger partial charge < -0.3 is 14.2 Å². The SMILES string of the molecule is [CH2]c1c(Oc2ccccc2)cc(Oc2ccccc2)cc1Oc1ccccc1. The molecular weight excluding hydrogens is 348 g/mol. The van der Waals surface area contributed by atoms with E-state index in [9.17, 15) is 0 Å². The van der Waals surface area contributed by atoms with E-state index < -0.39 is 0 Å². The molecule has 137 valence electrons. The first-order valence-electron chi connectivity index (χ1n) is 8.97. The summed E-state index contributed by atoms with van der Waals surface area (Å²) in [6.07, 6.45) is 0. The summed E-state index contributed by atoms with van der Waals surface area (Å²) in [6.45, 7) is 4.16. The van der Waals surface area contributed by atoms with Crippen molar-refractivity contribution in [1.82, 2.24) is 0 Å². The maximum Gasteiger partial charge on any atom is 0.138 e. The van der Waals surface area contributed by atoms with E-state index in [1.807, 2.05) is 103 Å². The Bertz CT molecular complexity index is 967. The van der Waals surface area contributed by atoms with E-state index in [0.717, 1.165) is 17.2 Å². The largest absolute Gasteiger partial charge is 0.457 e. The molecule has 0 atom stereocenters. The second kappa shape index (κ2) is 8.31. The third kappa shape index (κ3) is 4.33. The Morgan fingerprint density at radius 3 is 1.18 bits per heavy atom. The average Bonchev–Trinajstić information content (AvgIpc) is 2.74. The molecule has 0 saturated carbocycles. The van der Waals surface area contributed by atoms with E-state index in [2.05, 4.69) is 6.92 Å². The van der Waals surface area contributed by atoms with Crippen LogP contribution in [0.3, 0.4) is 0 Å². The van der Waals surface area contributed by atoms with Gasteiger partial charge in [-0.05, 0) is 43.3 Å². The lowest BCUT2D eigenvalue weighted by Crippen LogP contribution is -1.94. The van der Waals surface area contributed by atoms with Gasteiger partial charge in [-0.25, -0.2) is 0 Å². The Morgan fingerprint density at radius 1 is 0.429 bits per heavy atom. The molecule has 0 N–H and O–H groups in total. The summed E-state index contributed by atoms with van der Waals surface area (Å²) < 4.78 is 18.1. The van der Waals surface area contributed by atoms with Crippen LogP contribution < -0.4 is 14.2 Å². The van der Waals surface area contributed by atoms with Crippen molar-refractivity contribution in [3.8, 4) is 34.5 Å². The van der Waals surface area contributed by atoms with Crippen LogP contribution in [0, 0.1) is 6.92 Å². The lowest BCUT2D eigenvalue weighted by molar-refractivity contribution is 0.437. The molecule has 4 aromatic carbocycles. The van der Waals surface area contributed by atoms with Gasteiger partial charge in [0.15, 0.2) is 0 Å². The van der Waals surface area contributed by atoms with Crippen molar-refractivity contribution in [2.45, 2.75) is 0 Å². The maximum atomic E-state index is 6.04. The van der Waals surface area contributed by atoms with Gasteiger partial charge in [0.05, 0.1) is 0 Å². The average molecular weight is 367 g/mol. The highest BCUT2D eigenvalue weighted by Gasteiger charge is 2.13. The Balaban J connectivity index is 1.71. The van der Waals surface area contributed by atoms with Crippen LogP contribution in [0.1, 0.15) is 5.56 Å². The number of hydrogen-bond acceptors (Lipinski definition) is 3. The first kappa shape index (κ1) is 17.7. The molecule has 0 bridgehead atoms. The van der Waals surface area contributed by atoms with Crippen LogP contribution in [0.25, 0.3) is 0 Å². The minimum absolute atomic E-state index is 0.575. The van der Waals surface area contributed by atoms with Gasteiger partial charge in [0.1, 0.15) is 34.5 Å². The molecule has 0 fully saturated rings. The first-order chi connectivity index (χ1) is 13.8. The molecule has 0 aromatic heterocycles. The van der Waals surface area contributed by atoms with Gasteiger partial charge in [-0.3, -0.25) is 0 Å². The zero-order valence-corrected chi connectivity index (χ0v) is 15.2. The van der Waals surface area contributed by atoms with Crippen LogP contribution in [0.5, 0.6) is 34.5 Å². The van der Waals surface area contributed by atoms with Crippen LogP contribution in [-0.4, -0.2) is 0 Å². The van der Waals surface area contributed by atoms with Gasteiger partial charge in [0.2, 0.25) is 0 Å². The third-order valence-corrected chi connectivity index (χ3v) is 4.06. The fourth-order valence-electron chi connectivity index (χ4n) is 2.69. The molecule has 0 heterocycles. The lowest BCUT2D eigenvalue weighted by atomic mass is 10.2. The molecule has 0 aliphatic heterocycles. The van der Waals surface area contributed by atoms with Gasteiger partial charge in [-0.2, -0.15) is 0 Å². The quantitative estimate of drug-likeness (QED) is 0.359. The second-order valence-electron chi connectivity index (χ2n) is 6.14. The van der Waals surface area contributed by atoms with Crippen molar-refractivity contribution in [1.29, 1.82) is 0 Å². The summed E-state index contributed by atoms with van der Waals surface area (Å²) in [7, 11) is 0. The van der Waals surface area contributed by atoms with Crippen LogP contribution in [0.2, 0.25) is 0 Å². The van der Waals surface area contributed by atoms with E-state index >= 15 is 0 Å². The highest BCUT2D eigenvalue weighted by molar-refractivity contribution is 5.55. The molecule has 28 heavy (non-hydrogen) atoms. The van der Waals surface area contributed by atoms with Crippen LogP contribution in [0.15, 0.2) is 103 Å². The van der Waals surface area contributed by atoms with Gasteiger partial charge in [0, 0.05) is 17.7 Å². The molecule has 4 aromatic rings. The molecule has 0 spiro atoms. The number of benzene rings is 4. The molecule has 0 aliphatic carbocycles. The van der Waals surface area contributed by atoms with E-state index in [4.69, 9.17) is 14.2 Å². The van der Waals surface area contributed by atoms with Crippen LogP contribution >= 0.6 is 0 Å². The highest BCUT2D eigenvalue weighted by atomic mass is 16.5. The lowest BCUT2D eigenvalue weighted by Gasteiger charge is -2.16. The van der Waals surface area contributed by atoms with Crippen molar-refractivity contribution in [2.75, 3.05) is 0 Å². The molecule has 0 saturated heterocycles. The monoisotopic (exact) mass is 367 g/mol. The molecule has 3 nitrogen and oxygen atoms in total. The topological polar surface area (TPSA) is 27.7 Å². The number of para-hydroxylation sites is 3. The Hall–Kier alpha value is -3.72. The number of rotatable bonds is 6. The Kier molecular flexibility index (Phi) is 5.25. The summed E-state index contributed by atoms with van der Waals surface area (Å²) >= 11 is 0. The van der Waals surface area contributed by atoms with Gasteiger partial charge in [0.25, 0.3) is 0 Å². The molecule has 3 heteroatoms. The van der Waals surface area contributed by atoms with Crippen molar-refractivity contribution in [3.05, 3.63) is 116 Å². The summed E-state index contributed by atoms with van der Waals surface area (Å²) in [5.41, 5.74) is 0.646. The van der Waals surface area contributed by atoms with Gasteiger partial charge >= 0.3 is 0 Å². The molecule has 0 aliphatic rings. The third-order valence-electron chi connectivity index (χ3n) is 4.06. The van der Waals surface area contributed by atoms with E-state index in [0.29, 0.717) is 22.8 Å². The second-order valence-corrected chi connectivity index (χ2v) is 6.14. The molecule has 0 amide bonds. The van der Waals surface area contributed by atoms with E-state index in [1.165, 1.54) is 0 Å². The highest BCUT2D eigenvalue weighted by Crippen LogP contribution is 2.39. The summed E-state index contributed by atoms with van der Waals surface area (Å²) in [4.78, 5) is 0. The smallest absolute Gasteiger partial charge is 0.138 e. The number of hydrogen-bond donors (Lipinski definition) is 0. The zero-order valence-electron chi connectivity index (χ0n) is 15.2. The van der Waals surface area contributed by atoms with Crippen molar-refractivity contribution in [3.63, 3.8) is 0 Å². The fraction of sp³-hybridized carbons (Fsp3) is 0. The molecule has 4 rings (SSSR count). The van der Waals surface area contributed by atoms with Crippen LogP contribution in [-0.2, 0) is 0 Å². The normalized spacial score (nSPS) is 10.3. The molecule has 1 radical (unpaired) electrons. The zero-order chi connectivity index (χ0) is 19.2. The maximum absolute atomic E-state index is 6.04. The minimum atomic E-state index is 0.575. The Morgan fingerprint density at radius 2 is 0.786 bits per heavy atom. The predicted molar refractivity (Wildman–Crippen MR) is 110 cm³/mol. The molecule has 0 unspecified atom stereocenters. The van der Waals surface area contributed by atoms with E-state index in [-0.39, 0.29) is 0 Å². The predicted octanol–water partition coefficient (Wildman–Crippen LogP) is 7.25. The number of ether oxygens (including phenoxy) is 3. The van der Waals surface area contributed by atoms with Crippen LogP contribution in [0.4, 0.5) is 0 Å².